The van der Waals surface area contributed by atoms with Crippen LogP contribution in [0.1, 0.15) is 93.2 Å². The molecule has 3 aliphatic heterocycles. The molecule has 2 aromatic heterocycles. The number of halogens is 2. The summed E-state index contributed by atoms with van der Waals surface area (Å²) in [5.74, 6) is -5.95. The number of cyclic esters (lactones) is 1. The van der Waals surface area contributed by atoms with Crippen LogP contribution in [0.3, 0.4) is 0 Å². The highest BCUT2D eigenvalue weighted by atomic mass is 127. The van der Waals surface area contributed by atoms with Crippen molar-refractivity contribution in [3.63, 3.8) is 0 Å². The lowest BCUT2D eigenvalue weighted by Crippen LogP contribution is -2.61. The molecule has 5 rings (SSSR count). The molecule has 0 aromatic carbocycles. The van der Waals surface area contributed by atoms with E-state index >= 15 is 4.39 Å². The number of alkyl halides is 2. The van der Waals surface area contributed by atoms with Crippen molar-refractivity contribution in [2.45, 2.75) is 146 Å². The number of aliphatic hydroxyl groups is 2. The maximum atomic E-state index is 16.8. The van der Waals surface area contributed by atoms with Gasteiger partial charge in [-0.3, -0.25) is 9.59 Å². The predicted molar refractivity (Wildman–Crippen MR) is 235 cm³/mol. The second-order valence-corrected chi connectivity index (χ2v) is 18.8. The highest BCUT2D eigenvalue weighted by molar-refractivity contribution is 14.1. The predicted octanol–water partition coefficient (Wildman–Crippen LogP) is 5.23. The maximum absolute atomic E-state index is 16.8. The molecule has 0 aliphatic carbocycles. The Kier molecular flexibility index (Phi) is 16.1. The van der Waals surface area contributed by atoms with Crippen molar-refractivity contribution in [3.05, 3.63) is 30.2 Å². The number of aliphatic imine (C=N–C) groups is 1. The van der Waals surface area contributed by atoms with Gasteiger partial charge >= 0.3 is 5.97 Å². The van der Waals surface area contributed by atoms with Gasteiger partial charge in [0.25, 0.3) is 5.67 Å². The minimum atomic E-state index is -3.20. The van der Waals surface area contributed by atoms with Crippen LogP contribution < -0.4 is 5.73 Å². The van der Waals surface area contributed by atoms with Gasteiger partial charge in [0.1, 0.15) is 35.2 Å². The standard InChI is InChI=1S/C43H62FIN6O11/c1-11-32(52)49-33-22(2)18-41(6)36(61-38-34(53)30(51(9)10)17-23(3)60-38)25(5)35(54)42(7,44)40(55)62-39(45)43(8,56)28(24(33)4)16-15-26(20-58-41)50-59-21-27-19-57-37(47-27)29-13-12-14-31(46)48-29/h12-14,19,22-25,28,30,34,36,38-39,53,56H,11,15-18,20-21H2,1-10H3,(H2,46,48)/b49-33?,50-26+/t22-,23-,24-,25+,28-,30+,34-,36-,38+,39+,41-,42+,43+/m1/s1. The van der Waals surface area contributed by atoms with Gasteiger partial charge < -0.3 is 49.0 Å². The molecule has 4 N–H and O–H groups in total. The van der Waals surface area contributed by atoms with Crippen molar-refractivity contribution >= 4 is 57.5 Å². The zero-order valence-electron chi connectivity index (χ0n) is 37.2. The van der Waals surface area contributed by atoms with E-state index in [1.54, 1.807) is 54.6 Å². The fourth-order valence-electron chi connectivity index (χ4n) is 8.82. The largest absolute Gasteiger partial charge is 0.446 e. The summed E-state index contributed by atoms with van der Waals surface area (Å²) in [6.07, 6.45) is -1.92. The van der Waals surface area contributed by atoms with E-state index < -0.39 is 86.9 Å². The number of oxime groups is 1. The number of nitrogens with two attached hydrogens (primary N) is 1. The third-order valence-corrected chi connectivity index (χ3v) is 13.9. The molecule has 5 heterocycles. The van der Waals surface area contributed by atoms with Gasteiger partial charge in [0, 0.05) is 30.0 Å². The minimum Gasteiger partial charge on any atom is -0.446 e. The smallest absolute Gasteiger partial charge is 0.352 e. The second kappa shape index (κ2) is 20.1. The van der Waals surface area contributed by atoms with E-state index in [0.717, 1.165) is 6.92 Å². The van der Waals surface area contributed by atoms with E-state index in [1.807, 2.05) is 39.8 Å². The van der Waals surface area contributed by atoms with Crippen LogP contribution in [-0.2, 0) is 44.8 Å². The van der Waals surface area contributed by atoms with Crippen molar-refractivity contribution in [3.8, 4) is 11.6 Å². The summed E-state index contributed by atoms with van der Waals surface area (Å²) in [6.45, 7) is 12.3. The molecule has 0 saturated carbocycles. The van der Waals surface area contributed by atoms with Gasteiger partial charge in [-0.1, -0.05) is 38.9 Å². The monoisotopic (exact) mass is 984 g/mol. The molecular formula is C43H62FIN6O11. The average Bonchev–Trinajstić information content (AvgIpc) is 3.68. The first kappa shape index (κ1) is 49.5. The fraction of sp³-hybridized carbons (Fsp3) is 0.698. The minimum absolute atomic E-state index is 0.0365. The summed E-state index contributed by atoms with van der Waals surface area (Å²) in [4.78, 5) is 62.4. The zero-order valence-corrected chi connectivity index (χ0v) is 39.3. The number of aliphatic hydroxyl groups excluding tert-OH is 1. The Labute approximate surface area is 375 Å². The average molecular weight is 985 g/mol. The number of amides is 1. The van der Waals surface area contributed by atoms with Crippen molar-refractivity contribution in [1.82, 2.24) is 14.9 Å². The molecule has 19 heteroatoms. The summed E-state index contributed by atoms with van der Waals surface area (Å²) < 4.78 is 46.4. The number of ketones is 1. The Morgan fingerprint density at radius 1 is 1.13 bits per heavy atom. The molecule has 3 fully saturated rings. The number of anilines is 1. The zero-order chi connectivity index (χ0) is 45.9. The van der Waals surface area contributed by atoms with Crippen LogP contribution in [0.2, 0.25) is 0 Å². The van der Waals surface area contributed by atoms with E-state index in [0.29, 0.717) is 35.0 Å². The van der Waals surface area contributed by atoms with E-state index in [2.05, 4.69) is 20.1 Å². The Morgan fingerprint density at radius 2 is 1.84 bits per heavy atom. The number of esters is 1. The SMILES string of the molecule is CCC(=O)N=C1[C@H](C)C[C@@]2(C)OC/C(=N/OCc3coc(-c4cccc(N)n4)n3)CC[C@H]([C@H]1C)[C@](C)(O)[C@@H](I)OC(=O)[C@@](C)(F)C(=O)[C@H](C)[C@H]2O[C@@H]1O[C@H](C)C[C@H](N(C)C)[C@H]1O. The second-order valence-electron chi connectivity index (χ2n) is 17.7. The van der Waals surface area contributed by atoms with Crippen molar-refractivity contribution < 1.29 is 57.2 Å². The number of hydrogen-bond donors (Lipinski definition) is 3. The van der Waals surface area contributed by atoms with Gasteiger partial charge in [-0.2, -0.15) is 0 Å². The van der Waals surface area contributed by atoms with Crippen molar-refractivity contribution in [2.24, 2.45) is 33.8 Å². The number of aromatic nitrogens is 2. The van der Waals surface area contributed by atoms with Gasteiger partial charge in [0.15, 0.2) is 22.8 Å². The Bertz CT molecular complexity index is 1980. The molecule has 344 valence electrons. The van der Waals surface area contributed by atoms with Crippen LogP contribution >= 0.6 is 22.6 Å². The van der Waals surface area contributed by atoms with Crippen LogP contribution in [0.25, 0.3) is 11.6 Å². The molecular weight excluding hydrogens is 922 g/mol. The number of rotatable bonds is 8. The molecule has 2 aromatic rings. The van der Waals surface area contributed by atoms with Crippen molar-refractivity contribution in [2.75, 3.05) is 26.4 Å². The van der Waals surface area contributed by atoms with Gasteiger partial charge in [0.05, 0.1) is 30.1 Å². The Hall–Kier alpha value is -3.47. The molecule has 3 saturated heterocycles. The molecule has 17 nitrogen and oxygen atoms in total. The third kappa shape index (κ3) is 11.1. The van der Waals surface area contributed by atoms with Gasteiger partial charge in [-0.05, 0) is 114 Å². The Morgan fingerprint density at radius 3 is 2.50 bits per heavy atom. The van der Waals surface area contributed by atoms with Gasteiger partial charge in [-0.15, -0.1) is 0 Å². The number of carbonyl (C=O) groups is 3. The fourth-order valence-corrected chi connectivity index (χ4v) is 9.51. The number of carbonyl (C=O) groups excluding carboxylic acids is 3. The first-order chi connectivity index (χ1) is 29.0. The number of ether oxygens (including phenoxy) is 4. The van der Waals surface area contributed by atoms with E-state index in [9.17, 15) is 24.6 Å². The Balaban J connectivity index is 1.65. The highest BCUT2D eigenvalue weighted by Crippen LogP contribution is 2.43. The molecule has 0 radical (unpaired) electrons. The van der Waals surface area contributed by atoms with E-state index in [-0.39, 0.29) is 50.9 Å². The summed E-state index contributed by atoms with van der Waals surface area (Å²) in [5.41, 5.74) is 0.873. The number of Topliss-reactive ketones (excluding diaryl/α,β-unsaturated/α-hetero) is 1. The number of oxazole rings is 1. The molecule has 1 amide bonds. The summed E-state index contributed by atoms with van der Waals surface area (Å²) in [5, 5.41) is 28.5. The lowest BCUT2D eigenvalue weighted by molar-refractivity contribution is -0.296. The lowest BCUT2D eigenvalue weighted by Gasteiger charge is -2.47. The summed E-state index contributed by atoms with van der Waals surface area (Å²) in [7, 11) is 3.64. The molecule has 0 spiro atoms. The van der Waals surface area contributed by atoms with Gasteiger partial charge in [-0.25, -0.2) is 24.1 Å². The molecule has 3 aliphatic rings. The quantitative estimate of drug-likeness (QED) is 0.101. The molecule has 13 atom stereocenters. The number of fused-ring (bicyclic) bond motifs is 5. The summed E-state index contributed by atoms with van der Waals surface area (Å²) >= 11 is 1.73. The van der Waals surface area contributed by atoms with E-state index in [4.69, 9.17) is 33.9 Å². The van der Waals surface area contributed by atoms with Gasteiger partial charge in [0.2, 0.25) is 11.8 Å². The maximum Gasteiger partial charge on any atom is 0.352 e. The van der Waals surface area contributed by atoms with Crippen molar-refractivity contribution in [1.29, 1.82) is 0 Å². The topological polar surface area (TPSA) is 231 Å². The highest BCUT2D eigenvalue weighted by Gasteiger charge is 2.56. The van der Waals surface area contributed by atoms with E-state index in [1.165, 1.54) is 20.1 Å². The van der Waals surface area contributed by atoms with Crippen LogP contribution in [0, 0.1) is 23.7 Å². The number of likely N-dealkylation sites (N-methyl/N-ethyl adjacent to an activating group) is 1. The first-order valence-electron chi connectivity index (χ1n) is 21.1. The summed E-state index contributed by atoms with van der Waals surface area (Å²) in [6, 6.07) is 4.67. The molecule has 62 heavy (non-hydrogen) atoms. The first-order valence-corrected chi connectivity index (χ1v) is 22.3. The number of hydrogen-bond acceptors (Lipinski definition) is 16. The normalized spacial score (nSPS) is 38.0. The molecule has 2 bridgehead atoms. The number of nitrogens with zero attached hydrogens (tertiary/aromatic N) is 5. The van der Waals surface area contributed by atoms with Crippen LogP contribution in [0.15, 0.2) is 39.0 Å². The number of pyridine rings is 1. The third-order valence-electron chi connectivity index (χ3n) is 12.4. The number of nitrogen functional groups attached to an aromatic ring is 1. The van der Waals surface area contributed by atoms with Crippen LogP contribution in [0.5, 0.6) is 0 Å². The lowest BCUT2D eigenvalue weighted by atomic mass is 9.70. The molecule has 0 unspecified atom stereocenters. The van der Waals surface area contributed by atoms with Crippen LogP contribution in [0.4, 0.5) is 10.2 Å². The van der Waals surface area contributed by atoms with Crippen LogP contribution in [-0.4, -0.2) is 126 Å².